The number of hydrogen-bond acceptors (Lipinski definition) is 9. The van der Waals surface area contributed by atoms with Crippen LogP contribution in [0.4, 0.5) is 10.7 Å². The van der Waals surface area contributed by atoms with E-state index in [1.54, 1.807) is 13.8 Å². The number of rotatable bonds is 9. The fourth-order valence-electron chi connectivity index (χ4n) is 2.55. The Hall–Kier alpha value is -3.28. The second-order valence-electron chi connectivity index (χ2n) is 6.46. The maximum Gasteiger partial charge on any atom is 0.348 e. The van der Waals surface area contributed by atoms with Crippen molar-refractivity contribution in [1.82, 2.24) is 9.78 Å². The van der Waals surface area contributed by atoms with Crippen LogP contribution in [0.5, 0.6) is 0 Å². The number of nitrogens with one attached hydrogen (secondary N) is 1. The number of carbonyl (C=O) groups excluding carboxylic acids is 3. The van der Waals surface area contributed by atoms with Crippen LogP contribution in [0.25, 0.3) is 0 Å². The molecule has 1 N–H and O–H groups in total. The number of thiophene rings is 1. The van der Waals surface area contributed by atoms with Gasteiger partial charge in [0.05, 0.1) is 36.7 Å². The summed E-state index contributed by atoms with van der Waals surface area (Å²) < 4.78 is 11.2. The van der Waals surface area contributed by atoms with E-state index in [1.807, 2.05) is 6.92 Å². The summed E-state index contributed by atoms with van der Waals surface area (Å²) in [5.74, 6) is -2.35. The summed E-state index contributed by atoms with van der Waals surface area (Å²) in [6, 6.07) is 0. The van der Waals surface area contributed by atoms with E-state index in [4.69, 9.17) is 9.47 Å². The van der Waals surface area contributed by atoms with E-state index in [0.29, 0.717) is 12.0 Å². The molecule has 0 aromatic carbocycles. The molecule has 162 valence electrons. The van der Waals surface area contributed by atoms with Gasteiger partial charge in [0.25, 0.3) is 0 Å². The molecule has 2 rings (SSSR count). The Morgan fingerprint density at radius 1 is 1.37 bits per heavy atom. The molecule has 0 saturated heterocycles. The van der Waals surface area contributed by atoms with Crippen LogP contribution in [0.1, 0.15) is 45.9 Å². The van der Waals surface area contributed by atoms with E-state index in [2.05, 4.69) is 10.4 Å². The molecule has 12 heteroatoms. The molecule has 30 heavy (non-hydrogen) atoms. The monoisotopic (exact) mass is 438 g/mol. The van der Waals surface area contributed by atoms with Crippen LogP contribution < -0.4 is 5.32 Å². The lowest BCUT2D eigenvalue weighted by atomic mass is 10.1. The predicted molar refractivity (Wildman–Crippen MR) is 108 cm³/mol. The maximum atomic E-state index is 12.7. The minimum atomic E-state index is -0.647. The number of amides is 1. The van der Waals surface area contributed by atoms with Gasteiger partial charge in [-0.3, -0.25) is 19.6 Å². The van der Waals surface area contributed by atoms with Crippen molar-refractivity contribution in [2.45, 2.75) is 33.7 Å². The molecule has 0 aliphatic heterocycles. The van der Waals surface area contributed by atoms with Crippen molar-refractivity contribution in [3.05, 3.63) is 38.5 Å². The molecule has 0 saturated carbocycles. The maximum absolute atomic E-state index is 12.7. The standard InChI is InChI=1S/C18H22N4O7S/c1-5-6-29-17(24)13-11(3)14(18(25)28-4)30-16(13)20-15(23)10(2)8-21-9-12(7-19-21)22(26)27/h7,9-10H,5-6,8H2,1-4H3,(H,20,23). The van der Waals surface area contributed by atoms with E-state index < -0.39 is 28.7 Å². The largest absolute Gasteiger partial charge is 0.465 e. The van der Waals surface area contributed by atoms with E-state index in [-0.39, 0.29) is 34.3 Å². The molecule has 0 aliphatic rings. The van der Waals surface area contributed by atoms with Crippen molar-refractivity contribution in [2.24, 2.45) is 5.92 Å². The third-order valence-corrected chi connectivity index (χ3v) is 5.32. The summed E-state index contributed by atoms with van der Waals surface area (Å²) in [4.78, 5) is 47.5. The van der Waals surface area contributed by atoms with Crippen LogP contribution in [0.3, 0.4) is 0 Å². The van der Waals surface area contributed by atoms with E-state index in [9.17, 15) is 24.5 Å². The number of carbonyl (C=O) groups is 3. The van der Waals surface area contributed by atoms with Gasteiger partial charge in [0.2, 0.25) is 5.91 Å². The SMILES string of the molecule is CCCOC(=O)c1c(NC(=O)C(C)Cn2cc([N+](=O)[O-])cn2)sc(C(=O)OC)c1C. The first-order valence-corrected chi connectivity index (χ1v) is 9.87. The van der Waals surface area contributed by atoms with E-state index in [0.717, 1.165) is 17.5 Å². The molecule has 0 fully saturated rings. The van der Waals surface area contributed by atoms with E-state index >= 15 is 0 Å². The zero-order valence-corrected chi connectivity index (χ0v) is 17.8. The molecule has 1 atom stereocenters. The van der Waals surface area contributed by atoms with Crippen molar-refractivity contribution in [3.8, 4) is 0 Å². The molecule has 2 heterocycles. The molecular formula is C18H22N4O7S. The highest BCUT2D eigenvalue weighted by Crippen LogP contribution is 2.34. The molecule has 0 aliphatic carbocycles. The number of hydrogen-bond donors (Lipinski definition) is 1. The Labute approximate surface area is 176 Å². The van der Waals surface area contributed by atoms with Gasteiger partial charge in [0, 0.05) is 0 Å². The van der Waals surface area contributed by atoms with Crippen LogP contribution in [0.2, 0.25) is 0 Å². The zero-order chi connectivity index (χ0) is 22.4. The number of ether oxygens (including phenoxy) is 2. The molecular weight excluding hydrogens is 416 g/mol. The van der Waals surface area contributed by atoms with Crippen LogP contribution in [0, 0.1) is 23.0 Å². The summed E-state index contributed by atoms with van der Waals surface area (Å²) in [7, 11) is 1.22. The Kier molecular flexibility index (Phi) is 7.64. The van der Waals surface area contributed by atoms with E-state index in [1.165, 1.54) is 18.0 Å². The Morgan fingerprint density at radius 2 is 2.07 bits per heavy atom. The first-order valence-electron chi connectivity index (χ1n) is 9.06. The van der Waals surface area contributed by atoms with Gasteiger partial charge in [-0.25, -0.2) is 9.59 Å². The van der Waals surface area contributed by atoms with Crippen LogP contribution in [0.15, 0.2) is 12.4 Å². The van der Waals surface area contributed by atoms with Gasteiger partial charge in [0.15, 0.2) is 0 Å². The Morgan fingerprint density at radius 3 is 2.63 bits per heavy atom. The van der Waals surface area contributed by atoms with Gasteiger partial charge in [-0.15, -0.1) is 11.3 Å². The van der Waals surface area contributed by atoms with Crippen molar-refractivity contribution in [3.63, 3.8) is 0 Å². The normalized spacial score (nSPS) is 11.6. The topological polar surface area (TPSA) is 143 Å². The number of esters is 2. The molecule has 0 radical (unpaired) electrons. The third-order valence-electron chi connectivity index (χ3n) is 4.13. The van der Waals surface area contributed by atoms with Crippen LogP contribution in [-0.4, -0.2) is 46.3 Å². The smallest absolute Gasteiger partial charge is 0.348 e. The number of nitro groups is 1. The fourth-order valence-corrected chi connectivity index (χ4v) is 3.66. The fraction of sp³-hybridized carbons (Fsp3) is 0.444. The van der Waals surface area contributed by atoms with Crippen molar-refractivity contribution in [2.75, 3.05) is 19.0 Å². The highest BCUT2D eigenvalue weighted by atomic mass is 32.1. The van der Waals surface area contributed by atoms with Crippen molar-refractivity contribution in [1.29, 1.82) is 0 Å². The zero-order valence-electron chi connectivity index (χ0n) is 17.0. The van der Waals surface area contributed by atoms with Gasteiger partial charge in [-0.2, -0.15) is 5.10 Å². The minimum absolute atomic E-state index is 0.0868. The number of aromatic nitrogens is 2. The number of methoxy groups -OCH3 is 1. The van der Waals surface area contributed by atoms with Crippen LogP contribution in [-0.2, 0) is 20.8 Å². The minimum Gasteiger partial charge on any atom is -0.465 e. The average molecular weight is 438 g/mol. The third kappa shape index (κ3) is 5.20. The number of anilines is 1. The van der Waals surface area contributed by atoms with Crippen molar-refractivity contribution < 1.29 is 28.8 Å². The second kappa shape index (κ2) is 9.96. The Balaban J connectivity index is 2.23. The van der Waals surface area contributed by atoms with Gasteiger partial charge in [0.1, 0.15) is 22.3 Å². The lowest BCUT2D eigenvalue weighted by molar-refractivity contribution is -0.385. The molecule has 1 unspecified atom stereocenters. The quantitative estimate of drug-likeness (QED) is 0.358. The lowest BCUT2D eigenvalue weighted by Gasteiger charge is -2.12. The summed E-state index contributed by atoms with van der Waals surface area (Å²) in [6.07, 6.45) is 2.94. The summed E-state index contributed by atoms with van der Waals surface area (Å²) >= 11 is 0.922. The number of nitrogens with zero attached hydrogens (tertiary/aromatic N) is 3. The molecule has 2 aromatic rings. The molecule has 2 aromatic heterocycles. The second-order valence-corrected chi connectivity index (χ2v) is 7.48. The molecule has 0 bridgehead atoms. The van der Waals surface area contributed by atoms with Gasteiger partial charge in [-0.05, 0) is 18.9 Å². The summed E-state index contributed by atoms with van der Waals surface area (Å²) in [5.41, 5.74) is 0.280. The van der Waals surface area contributed by atoms with Gasteiger partial charge >= 0.3 is 17.6 Å². The van der Waals surface area contributed by atoms with Crippen molar-refractivity contribution >= 4 is 39.9 Å². The summed E-state index contributed by atoms with van der Waals surface area (Å²) in [5, 5.41) is 17.5. The van der Waals surface area contributed by atoms with Gasteiger partial charge in [-0.1, -0.05) is 13.8 Å². The summed E-state index contributed by atoms with van der Waals surface area (Å²) in [6.45, 7) is 5.32. The van der Waals surface area contributed by atoms with Crippen LogP contribution >= 0.6 is 11.3 Å². The van der Waals surface area contributed by atoms with Gasteiger partial charge < -0.3 is 14.8 Å². The highest BCUT2D eigenvalue weighted by Gasteiger charge is 2.28. The molecule has 11 nitrogen and oxygen atoms in total. The lowest BCUT2D eigenvalue weighted by Crippen LogP contribution is -2.25. The molecule has 0 spiro atoms. The Bertz CT molecular complexity index is 966. The average Bonchev–Trinajstić information content (AvgIpc) is 3.30. The predicted octanol–water partition coefficient (Wildman–Crippen LogP) is 2.79. The first-order chi connectivity index (χ1) is 14.2. The first kappa shape index (κ1) is 23.0. The highest BCUT2D eigenvalue weighted by molar-refractivity contribution is 7.18. The molecule has 1 amide bonds.